The van der Waals surface area contributed by atoms with E-state index in [-0.39, 0.29) is 11.3 Å². The van der Waals surface area contributed by atoms with Crippen LogP contribution in [-0.4, -0.2) is 12.3 Å². The lowest BCUT2D eigenvalue weighted by molar-refractivity contribution is 0.508. The topological polar surface area (TPSA) is 12.4 Å². The van der Waals surface area contributed by atoms with E-state index < -0.39 is 17.5 Å². The Morgan fingerprint density at radius 2 is 2.00 bits per heavy atom. The van der Waals surface area contributed by atoms with Crippen molar-refractivity contribution in [2.75, 3.05) is 6.54 Å². The SMILES string of the molecule is C=C(F)C(=NCC)c1ccc(F)c(F)c1. The zero-order valence-corrected chi connectivity index (χ0v) is 8.23. The van der Waals surface area contributed by atoms with Crippen molar-refractivity contribution in [2.45, 2.75) is 6.92 Å². The van der Waals surface area contributed by atoms with Crippen LogP contribution in [0.1, 0.15) is 12.5 Å². The molecule has 1 aromatic carbocycles. The zero-order chi connectivity index (χ0) is 11.4. The quantitative estimate of drug-likeness (QED) is 0.683. The van der Waals surface area contributed by atoms with Crippen LogP contribution in [0.5, 0.6) is 0 Å². The van der Waals surface area contributed by atoms with Crippen LogP contribution in [0.3, 0.4) is 0 Å². The summed E-state index contributed by atoms with van der Waals surface area (Å²) in [6.07, 6.45) is 0. The number of aliphatic imine (C=N–C) groups is 1. The van der Waals surface area contributed by atoms with Gasteiger partial charge in [-0.1, -0.05) is 6.58 Å². The van der Waals surface area contributed by atoms with Gasteiger partial charge in [0, 0.05) is 12.1 Å². The number of hydrogen-bond acceptors (Lipinski definition) is 1. The van der Waals surface area contributed by atoms with Crippen molar-refractivity contribution in [3.63, 3.8) is 0 Å². The molecule has 0 N–H and O–H groups in total. The summed E-state index contributed by atoms with van der Waals surface area (Å²) in [7, 11) is 0. The summed E-state index contributed by atoms with van der Waals surface area (Å²) in [4.78, 5) is 3.82. The van der Waals surface area contributed by atoms with E-state index in [1.54, 1.807) is 6.92 Å². The van der Waals surface area contributed by atoms with Crippen LogP contribution in [0.4, 0.5) is 13.2 Å². The van der Waals surface area contributed by atoms with Gasteiger partial charge in [0.2, 0.25) is 0 Å². The van der Waals surface area contributed by atoms with E-state index in [1.807, 2.05) is 0 Å². The average molecular weight is 213 g/mol. The van der Waals surface area contributed by atoms with E-state index in [0.29, 0.717) is 6.54 Å². The molecule has 1 rings (SSSR count). The van der Waals surface area contributed by atoms with E-state index in [0.717, 1.165) is 12.1 Å². The summed E-state index contributed by atoms with van der Waals surface area (Å²) < 4.78 is 38.4. The van der Waals surface area contributed by atoms with Crippen molar-refractivity contribution in [2.24, 2.45) is 4.99 Å². The Bertz CT molecular complexity index is 410. The number of hydrogen-bond donors (Lipinski definition) is 0. The third-order valence-electron chi connectivity index (χ3n) is 1.77. The van der Waals surface area contributed by atoms with Crippen molar-refractivity contribution in [3.05, 3.63) is 47.8 Å². The van der Waals surface area contributed by atoms with Gasteiger partial charge in [0.05, 0.1) is 5.71 Å². The molecular formula is C11H10F3N. The summed E-state index contributed by atoms with van der Waals surface area (Å²) in [5, 5.41) is 0. The Kier molecular flexibility index (Phi) is 3.66. The van der Waals surface area contributed by atoms with E-state index in [4.69, 9.17) is 0 Å². The lowest BCUT2D eigenvalue weighted by Gasteiger charge is -2.03. The molecule has 0 radical (unpaired) electrons. The Morgan fingerprint density at radius 1 is 1.33 bits per heavy atom. The van der Waals surface area contributed by atoms with Crippen molar-refractivity contribution in [1.29, 1.82) is 0 Å². The molecule has 0 unspecified atom stereocenters. The van der Waals surface area contributed by atoms with Crippen LogP contribution in [0, 0.1) is 11.6 Å². The largest absolute Gasteiger partial charge is 0.282 e. The molecule has 1 aromatic rings. The predicted octanol–water partition coefficient (Wildman–Crippen LogP) is 3.26. The van der Waals surface area contributed by atoms with E-state index in [2.05, 4.69) is 11.6 Å². The molecule has 15 heavy (non-hydrogen) atoms. The molecule has 0 aliphatic heterocycles. The highest BCUT2D eigenvalue weighted by molar-refractivity contribution is 6.10. The van der Waals surface area contributed by atoms with Gasteiger partial charge in [-0.2, -0.15) is 0 Å². The van der Waals surface area contributed by atoms with E-state index >= 15 is 0 Å². The molecule has 0 aliphatic rings. The molecule has 4 heteroatoms. The molecule has 0 heterocycles. The number of nitrogens with zero attached hydrogens (tertiary/aromatic N) is 1. The smallest absolute Gasteiger partial charge is 0.159 e. The fourth-order valence-corrected chi connectivity index (χ4v) is 1.14. The molecule has 80 valence electrons. The molecule has 0 aromatic heterocycles. The first-order chi connectivity index (χ1) is 7.06. The third-order valence-corrected chi connectivity index (χ3v) is 1.77. The second-order valence-corrected chi connectivity index (χ2v) is 2.86. The third kappa shape index (κ3) is 2.68. The van der Waals surface area contributed by atoms with Crippen molar-refractivity contribution in [1.82, 2.24) is 0 Å². The summed E-state index contributed by atoms with van der Waals surface area (Å²) in [5.74, 6) is -2.76. The first kappa shape index (κ1) is 11.5. The second-order valence-electron chi connectivity index (χ2n) is 2.86. The van der Waals surface area contributed by atoms with Crippen molar-refractivity contribution >= 4 is 5.71 Å². The highest BCUT2D eigenvalue weighted by Gasteiger charge is 2.10. The highest BCUT2D eigenvalue weighted by Crippen LogP contribution is 2.13. The summed E-state index contributed by atoms with van der Waals surface area (Å²) in [6.45, 7) is 5.14. The molecule has 0 bridgehead atoms. The Morgan fingerprint density at radius 3 is 2.47 bits per heavy atom. The second kappa shape index (κ2) is 4.77. The van der Waals surface area contributed by atoms with Gasteiger partial charge in [-0.15, -0.1) is 0 Å². The average Bonchev–Trinajstić information content (AvgIpc) is 2.18. The predicted molar refractivity (Wildman–Crippen MR) is 53.7 cm³/mol. The van der Waals surface area contributed by atoms with Gasteiger partial charge in [0.25, 0.3) is 0 Å². The maximum Gasteiger partial charge on any atom is 0.159 e. The van der Waals surface area contributed by atoms with E-state index in [9.17, 15) is 13.2 Å². The number of rotatable bonds is 3. The summed E-state index contributed by atoms with van der Waals surface area (Å²) in [5.41, 5.74) is 0.139. The summed E-state index contributed by atoms with van der Waals surface area (Å²) >= 11 is 0. The van der Waals surface area contributed by atoms with Gasteiger partial charge in [0.1, 0.15) is 5.83 Å². The molecule has 0 aliphatic carbocycles. The molecular weight excluding hydrogens is 203 g/mol. The maximum absolute atomic E-state index is 12.9. The van der Waals surface area contributed by atoms with Crippen LogP contribution < -0.4 is 0 Å². The Balaban J connectivity index is 3.19. The zero-order valence-electron chi connectivity index (χ0n) is 8.23. The molecule has 0 fully saturated rings. The number of benzene rings is 1. The highest BCUT2D eigenvalue weighted by atomic mass is 19.2. The van der Waals surface area contributed by atoms with Crippen LogP contribution >= 0.6 is 0 Å². The van der Waals surface area contributed by atoms with Gasteiger partial charge < -0.3 is 0 Å². The molecule has 0 atom stereocenters. The minimum Gasteiger partial charge on any atom is -0.282 e. The summed E-state index contributed by atoms with van der Waals surface area (Å²) in [6, 6.07) is 3.09. The van der Waals surface area contributed by atoms with Crippen molar-refractivity contribution < 1.29 is 13.2 Å². The standard InChI is InChI=1S/C11H10F3N/c1-3-15-11(7(2)12)8-4-5-9(13)10(14)6-8/h4-6H,2-3H2,1H3. The minimum atomic E-state index is -1.03. The van der Waals surface area contributed by atoms with Gasteiger partial charge in [0.15, 0.2) is 11.6 Å². The maximum atomic E-state index is 12.9. The first-order valence-corrected chi connectivity index (χ1v) is 4.41. The van der Waals surface area contributed by atoms with Crippen molar-refractivity contribution in [3.8, 4) is 0 Å². The van der Waals surface area contributed by atoms with E-state index in [1.165, 1.54) is 6.07 Å². The fraction of sp³-hybridized carbons (Fsp3) is 0.182. The van der Waals surface area contributed by atoms with Crippen LogP contribution in [0.15, 0.2) is 35.6 Å². The number of allylic oxidation sites excluding steroid dienone is 1. The van der Waals surface area contributed by atoms with Crippen LogP contribution in [0.25, 0.3) is 0 Å². The molecule has 1 nitrogen and oxygen atoms in total. The lowest BCUT2D eigenvalue weighted by atomic mass is 10.1. The number of halogens is 3. The van der Waals surface area contributed by atoms with Gasteiger partial charge in [-0.25, -0.2) is 13.2 Å². The molecule has 0 amide bonds. The fourth-order valence-electron chi connectivity index (χ4n) is 1.14. The van der Waals surface area contributed by atoms with Gasteiger partial charge >= 0.3 is 0 Å². The molecule has 0 saturated heterocycles. The van der Waals surface area contributed by atoms with Gasteiger partial charge in [-0.05, 0) is 25.1 Å². The minimum absolute atomic E-state index is 0.0450. The first-order valence-electron chi connectivity index (χ1n) is 4.41. The molecule has 0 spiro atoms. The van der Waals surface area contributed by atoms with Gasteiger partial charge in [-0.3, -0.25) is 4.99 Å². The normalized spacial score (nSPS) is 11.6. The molecule has 0 saturated carbocycles. The Hall–Kier alpha value is -1.58. The van der Waals surface area contributed by atoms with Crippen LogP contribution in [-0.2, 0) is 0 Å². The monoisotopic (exact) mass is 213 g/mol. The van der Waals surface area contributed by atoms with Crippen LogP contribution in [0.2, 0.25) is 0 Å². The lowest BCUT2D eigenvalue weighted by Crippen LogP contribution is -2.03. The Labute approximate surface area is 86.0 Å².